The number of benzene rings is 2. The van der Waals surface area contributed by atoms with E-state index in [-0.39, 0.29) is 29.5 Å². The minimum absolute atomic E-state index is 0.0932. The number of hydrogen-bond donors (Lipinski definition) is 3. The molecular formula is C18H18N4O6. The maximum Gasteiger partial charge on any atom is 0.276 e. The minimum Gasteiger partial charge on any atom is -0.484 e. The van der Waals surface area contributed by atoms with Gasteiger partial charge < -0.3 is 10.1 Å². The number of anilines is 1. The number of hydrogen-bond acceptors (Lipinski definition) is 6. The lowest BCUT2D eigenvalue weighted by Gasteiger charge is -2.09. The molecule has 10 heteroatoms. The molecule has 0 aliphatic rings. The van der Waals surface area contributed by atoms with Crippen molar-refractivity contribution >= 4 is 29.1 Å². The number of nitrogens with one attached hydrogen (secondary N) is 3. The molecule has 0 saturated carbocycles. The number of ether oxygens (including phenoxy) is 1. The largest absolute Gasteiger partial charge is 0.484 e. The fraction of sp³-hybridized carbons (Fsp3) is 0.167. The van der Waals surface area contributed by atoms with Crippen molar-refractivity contribution in [3.63, 3.8) is 0 Å². The highest BCUT2D eigenvalue weighted by atomic mass is 16.6. The van der Waals surface area contributed by atoms with Gasteiger partial charge in [-0.05, 0) is 36.4 Å². The molecule has 0 heterocycles. The SMILES string of the molecule is CCC(=O)Nc1ccc(C(=O)NNC(=O)COc2ccc([N+](=O)[O-])cc2)cc1. The van der Waals surface area contributed by atoms with Gasteiger partial charge in [0.2, 0.25) is 5.91 Å². The lowest BCUT2D eigenvalue weighted by atomic mass is 10.2. The number of carbonyl (C=O) groups is 3. The molecule has 0 unspecified atom stereocenters. The first-order valence-corrected chi connectivity index (χ1v) is 8.25. The predicted octanol–water partition coefficient (Wildman–Crippen LogP) is 1.78. The molecule has 2 aromatic rings. The monoisotopic (exact) mass is 386 g/mol. The van der Waals surface area contributed by atoms with Crippen molar-refractivity contribution in [3.8, 4) is 5.75 Å². The molecule has 3 amide bonds. The topological polar surface area (TPSA) is 140 Å². The van der Waals surface area contributed by atoms with Crippen molar-refractivity contribution < 1.29 is 24.0 Å². The minimum atomic E-state index is -0.612. The van der Waals surface area contributed by atoms with E-state index in [1.54, 1.807) is 19.1 Å². The summed E-state index contributed by atoms with van der Waals surface area (Å²) in [6, 6.07) is 11.4. The van der Waals surface area contributed by atoms with Crippen LogP contribution in [0.5, 0.6) is 5.75 Å². The highest BCUT2D eigenvalue weighted by Gasteiger charge is 2.09. The number of nitro benzene ring substituents is 1. The summed E-state index contributed by atoms with van der Waals surface area (Å²) in [5.74, 6) is -1.02. The van der Waals surface area contributed by atoms with Gasteiger partial charge >= 0.3 is 0 Å². The summed E-state index contributed by atoms with van der Waals surface area (Å²) in [7, 11) is 0. The van der Waals surface area contributed by atoms with Gasteiger partial charge in [0.1, 0.15) is 5.75 Å². The number of amides is 3. The van der Waals surface area contributed by atoms with E-state index in [2.05, 4.69) is 16.2 Å². The first-order valence-electron chi connectivity index (χ1n) is 8.25. The predicted molar refractivity (Wildman–Crippen MR) is 99.6 cm³/mol. The third-order valence-corrected chi connectivity index (χ3v) is 3.48. The lowest BCUT2D eigenvalue weighted by Crippen LogP contribution is -2.43. The normalized spacial score (nSPS) is 9.89. The first kappa shape index (κ1) is 20.4. The zero-order valence-electron chi connectivity index (χ0n) is 14.9. The molecule has 0 fully saturated rings. The van der Waals surface area contributed by atoms with Crippen LogP contribution in [0.3, 0.4) is 0 Å². The maximum absolute atomic E-state index is 12.0. The maximum atomic E-state index is 12.0. The summed E-state index contributed by atoms with van der Waals surface area (Å²) in [6.07, 6.45) is 0.343. The number of nitrogens with zero attached hydrogens (tertiary/aromatic N) is 1. The molecule has 0 aliphatic heterocycles. The molecule has 0 saturated heterocycles. The van der Waals surface area contributed by atoms with Crippen LogP contribution in [0.1, 0.15) is 23.7 Å². The fourth-order valence-electron chi connectivity index (χ4n) is 2.00. The molecule has 3 N–H and O–H groups in total. The Bertz CT molecular complexity index is 865. The van der Waals surface area contributed by atoms with Crippen LogP contribution in [0.15, 0.2) is 48.5 Å². The molecule has 2 aromatic carbocycles. The van der Waals surface area contributed by atoms with Crippen LogP contribution >= 0.6 is 0 Å². The van der Waals surface area contributed by atoms with E-state index in [1.165, 1.54) is 36.4 Å². The van der Waals surface area contributed by atoms with Crippen molar-refractivity contribution in [2.45, 2.75) is 13.3 Å². The molecule has 0 spiro atoms. The van der Waals surface area contributed by atoms with Gasteiger partial charge in [-0.3, -0.25) is 35.3 Å². The van der Waals surface area contributed by atoms with E-state index < -0.39 is 16.7 Å². The molecular weight excluding hydrogens is 368 g/mol. The number of non-ortho nitro benzene ring substituents is 1. The average molecular weight is 386 g/mol. The number of nitro groups is 1. The molecule has 10 nitrogen and oxygen atoms in total. The van der Waals surface area contributed by atoms with Crippen LogP contribution in [-0.2, 0) is 9.59 Å². The summed E-state index contributed by atoms with van der Waals surface area (Å²) in [6.45, 7) is 1.34. The average Bonchev–Trinajstić information content (AvgIpc) is 2.71. The Labute approximate surface area is 160 Å². The van der Waals surface area contributed by atoms with E-state index in [0.717, 1.165) is 0 Å². The zero-order valence-corrected chi connectivity index (χ0v) is 14.9. The Kier molecular flexibility index (Phi) is 7.03. The number of carbonyl (C=O) groups excluding carboxylic acids is 3. The van der Waals surface area contributed by atoms with Crippen molar-refractivity contribution in [1.82, 2.24) is 10.9 Å². The summed E-state index contributed by atoms with van der Waals surface area (Å²) >= 11 is 0. The van der Waals surface area contributed by atoms with Crippen LogP contribution < -0.4 is 20.9 Å². The van der Waals surface area contributed by atoms with Crippen LogP contribution in [0.2, 0.25) is 0 Å². The molecule has 2 rings (SSSR count). The second-order valence-corrected chi connectivity index (χ2v) is 5.52. The number of rotatable bonds is 7. The van der Waals surface area contributed by atoms with Gasteiger partial charge in [-0.2, -0.15) is 0 Å². The third kappa shape index (κ3) is 6.09. The van der Waals surface area contributed by atoms with Gasteiger partial charge in [0, 0.05) is 29.8 Å². The van der Waals surface area contributed by atoms with Gasteiger partial charge in [0.25, 0.3) is 17.5 Å². The van der Waals surface area contributed by atoms with Crippen LogP contribution in [-0.4, -0.2) is 29.3 Å². The number of hydrazine groups is 1. The van der Waals surface area contributed by atoms with Crippen molar-refractivity contribution in [2.75, 3.05) is 11.9 Å². The summed E-state index contributed by atoms with van der Waals surface area (Å²) in [5, 5.41) is 13.2. The van der Waals surface area contributed by atoms with Gasteiger partial charge in [-0.1, -0.05) is 6.92 Å². The quantitative estimate of drug-likeness (QED) is 0.489. The van der Waals surface area contributed by atoms with Gasteiger partial charge in [-0.15, -0.1) is 0 Å². The Morgan fingerprint density at radius 2 is 1.61 bits per heavy atom. The molecule has 0 aromatic heterocycles. The van der Waals surface area contributed by atoms with Crippen molar-refractivity contribution in [3.05, 3.63) is 64.2 Å². The standard InChI is InChI=1S/C18H18N4O6/c1-2-16(23)19-13-5-3-12(4-6-13)18(25)21-20-17(24)11-28-15-9-7-14(8-10-15)22(26)27/h3-10H,2,11H2,1H3,(H,19,23)(H,20,24)(H,21,25). The second-order valence-electron chi connectivity index (χ2n) is 5.52. The van der Waals surface area contributed by atoms with Gasteiger partial charge in [-0.25, -0.2) is 0 Å². The molecule has 0 bridgehead atoms. The second kappa shape index (κ2) is 9.67. The van der Waals surface area contributed by atoms with Crippen LogP contribution in [0, 0.1) is 10.1 Å². The van der Waals surface area contributed by atoms with Gasteiger partial charge in [0.15, 0.2) is 6.61 Å². The van der Waals surface area contributed by atoms with Crippen LogP contribution in [0.25, 0.3) is 0 Å². The van der Waals surface area contributed by atoms with Crippen molar-refractivity contribution in [2.24, 2.45) is 0 Å². The Morgan fingerprint density at radius 3 is 2.18 bits per heavy atom. The Morgan fingerprint density at radius 1 is 0.964 bits per heavy atom. The van der Waals surface area contributed by atoms with E-state index in [9.17, 15) is 24.5 Å². The molecule has 0 aliphatic carbocycles. The Hall–Kier alpha value is -3.95. The Balaban J connectivity index is 1.77. The summed E-state index contributed by atoms with van der Waals surface area (Å²) in [4.78, 5) is 45.1. The molecule has 0 atom stereocenters. The zero-order chi connectivity index (χ0) is 20.5. The highest BCUT2D eigenvalue weighted by molar-refractivity contribution is 5.96. The van der Waals surface area contributed by atoms with Crippen molar-refractivity contribution in [1.29, 1.82) is 0 Å². The fourth-order valence-corrected chi connectivity index (χ4v) is 2.00. The van der Waals surface area contributed by atoms with E-state index in [4.69, 9.17) is 4.74 Å². The smallest absolute Gasteiger partial charge is 0.276 e. The van der Waals surface area contributed by atoms with Gasteiger partial charge in [0.05, 0.1) is 4.92 Å². The lowest BCUT2D eigenvalue weighted by molar-refractivity contribution is -0.384. The molecule has 146 valence electrons. The van der Waals surface area contributed by atoms with E-state index >= 15 is 0 Å². The van der Waals surface area contributed by atoms with Crippen LogP contribution in [0.4, 0.5) is 11.4 Å². The van der Waals surface area contributed by atoms with E-state index in [0.29, 0.717) is 12.1 Å². The first-order chi connectivity index (χ1) is 13.4. The highest BCUT2D eigenvalue weighted by Crippen LogP contribution is 2.17. The summed E-state index contributed by atoms with van der Waals surface area (Å²) in [5.41, 5.74) is 5.18. The molecule has 0 radical (unpaired) electrons. The molecule has 28 heavy (non-hydrogen) atoms. The third-order valence-electron chi connectivity index (χ3n) is 3.48. The summed E-state index contributed by atoms with van der Waals surface area (Å²) < 4.78 is 5.18. The van der Waals surface area contributed by atoms with E-state index in [1.807, 2.05) is 0 Å².